The van der Waals surface area contributed by atoms with E-state index in [0.717, 1.165) is 15.7 Å². The molecule has 0 radical (unpaired) electrons. The second-order valence-corrected chi connectivity index (χ2v) is 5.74. The Kier molecular flexibility index (Phi) is 4.57. The third-order valence-electron chi connectivity index (χ3n) is 2.83. The number of hydrogen-bond donors (Lipinski definition) is 2. The molecule has 1 aromatic carbocycles. The Hall–Kier alpha value is -1.03. The standard InChI is InChI=1S/C13H18BrNO2/c1-9-8-10(14)4-5-11(9)15-7-6-13(2,3)12(16)17/h4-5,8,15H,6-7H2,1-3H3,(H,16,17). The highest BCUT2D eigenvalue weighted by Gasteiger charge is 2.26. The zero-order valence-electron chi connectivity index (χ0n) is 10.4. The molecule has 2 N–H and O–H groups in total. The monoisotopic (exact) mass is 299 g/mol. The molecule has 0 spiro atoms. The van der Waals surface area contributed by atoms with Crippen LogP contribution in [0, 0.1) is 12.3 Å². The summed E-state index contributed by atoms with van der Waals surface area (Å²) in [5, 5.41) is 12.3. The first-order chi connectivity index (χ1) is 7.83. The number of hydrogen-bond acceptors (Lipinski definition) is 2. The van der Waals surface area contributed by atoms with Gasteiger partial charge in [0.2, 0.25) is 0 Å². The average molecular weight is 300 g/mol. The van der Waals surface area contributed by atoms with Gasteiger partial charge in [0.1, 0.15) is 0 Å². The van der Waals surface area contributed by atoms with Crippen LogP contribution in [0.3, 0.4) is 0 Å². The molecule has 4 heteroatoms. The summed E-state index contributed by atoms with van der Waals surface area (Å²) in [5.41, 5.74) is 1.51. The predicted molar refractivity (Wildman–Crippen MR) is 73.4 cm³/mol. The number of rotatable bonds is 5. The summed E-state index contributed by atoms with van der Waals surface area (Å²) in [5.74, 6) is -0.758. The van der Waals surface area contributed by atoms with Crippen LogP contribution < -0.4 is 5.32 Å². The third-order valence-corrected chi connectivity index (χ3v) is 3.33. The Balaban J connectivity index is 2.54. The van der Waals surface area contributed by atoms with E-state index in [1.165, 1.54) is 0 Å². The SMILES string of the molecule is Cc1cc(Br)ccc1NCCC(C)(C)C(=O)O. The van der Waals surface area contributed by atoms with E-state index in [9.17, 15) is 4.79 Å². The third kappa shape index (κ3) is 4.04. The maximum atomic E-state index is 10.9. The molecule has 0 aliphatic heterocycles. The number of carboxylic acids is 1. The minimum absolute atomic E-state index is 0.595. The van der Waals surface area contributed by atoms with Crippen molar-refractivity contribution >= 4 is 27.6 Å². The Morgan fingerprint density at radius 1 is 1.47 bits per heavy atom. The molecule has 94 valence electrons. The molecule has 0 unspecified atom stereocenters. The van der Waals surface area contributed by atoms with Crippen molar-refractivity contribution in [3.05, 3.63) is 28.2 Å². The van der Waals surface area contributed by atoms with Crippen LogP contribution in [0.15, 0.2) is 22.7 Å². The molecule has 0 heterocycles. The number of anilines is 1. The van der Waals surface area contributed by atoms with E-state index in [4.69, 9.17) is 5.11 Å². The number of carboxylic acid groups (broad SMARTS) is 1. The summed E-state index contributed by atoms with van der Waals surface area (Å²) in [7, 11) is 0. The fourth-order valence-electron chi connectivity index (χ4n) is 1.44. The summed E-state index contributed by atoms with van der Waals surface area (Å²) >= 11 is 3.41. The second-order valence-electron chi connectivity index (χ2n) is 4.83. The molecule has 3 nitrogen and oxygen atoms in total. The lowest BCUT2D eigenvalue weighted by Crippen LogP contribution is -2.26. The first-order valence-electron chi connectivity index (χ1n) is 5.56. The van der Waals surface area contributed by atoms with Gasteiger partial charge in [-0.05, 0) is 51.0 Å². The molecule has 0 saturated heterocycles. The molecule has 0 atom stereocenters. The van der Waals surface area contributed by atoms with Crippen LogP contribution in [0.4, 0.5) is 5.69 Å². The van der Waals surface area contributed by atoms with Gasteiger partial charge in [-0.2, -0.15) is 0 Å². The van der Waals surface area contributed by atoms with Gasteiger partial charge in [-0.15, -0.1) is 0 Å². The molecule has 1 rings (SSSR count). The van der Waals surface area contributed by atoms with Crippen molar-refractivity contribution < 1.29 is 9.90 Å². The Labute approximate surface area is 110 Å². The molecular formula is C13H18BrNO2. The smallest absolute Gasteiger partial charge is 0.309 e. The van der Waals surface area contributed by atoms with Gasteiger partial charge in [-0.1, -0.05) is 15.9 Å². The van der Waals surface area contributed by atoms with Crippen LogP contribution >= 0.6 is 15.9 Å². The van der Waals surface area contributed by atoms with E-state index in [2.05, 4.69) is 21.2 Å². The van der Waals surface area contributed by atoms with Crippen LogP contribution in [0.1, 0.15) is 25.8 Å². The second kappa shape index (κ2) is 5.54. The van der Waals surface area contributed by atoms with E-state index in [1.54, 1.807) is 13.8 Å². The molecular weight excluding hydrogens is 282 g/mol. The lowest BCUT2D eigenvalue weighted by molar-refractivity contribution is -0.147. The molecule has 1 aromatic rings. The first-order valence-corrected chi connectivity index (χ1v) is 6.35. The van der Waals surface area contributed by atoms with Crippen LogP contribution in [-0.4, -0.2) is 17.6 Å². The van der Waals surface area contributed by atoms with Gasteiger partial charge in [0.15, 0.2) is 0 Å². The van der Waals surface area contributed by atoms with Crippen molar-refractivity contribution in [2.45, 2.75) is 27.2 Å². The molecule has 0 aromatic heterocycles. The molecule has 0 fully saturated rings. The first kappa shape index (κ1) is 14.0. The maximum absolute atomic E-state index is 10.9. The van der Waals surface area contributed by atoms with Gasteiger partial charge in [0.25, 0.3) is 0 Å². The lowest BCUT2D eigenvalue weighted by Gasteiger charge is -2.19. The van der Waals surface area contributed by atoms with E-state index in [-0.39, 0.29) is 0 Å². The Morgan fingerprint density at radius 2 is 2.12 bits per heavy atom. The summed E-state index contributed by atoms with van der Waals surface area (Å²) < 4.78 is 1.05. The van der Waals surface area contributed by atoms with Gasteiger partial charge in [0, 0.05) is 16.7 Å². The molecule has 0 aliphatic carbocycles. The number of benzene rings is 1. The minimum atomic E-state index is -0.758. The molecule has 0 bridgehead atoms. The van der Waals surface area contributed by atoms with Crippen molar-refractivity contribution in [1.29, 1.82) is 0 Å². The lowest BCUT2D eigenvalue weighted by atomic mass is 9.89. The number of aliphatic carboxylic acids is 1. The van der Waals surface area contributed by atoms with Crippen LogP contribution in [0.25, 0.3) is 0 Å². The average Bonchev–Trinajstić information content (AvgIpc) is 2.21. The van der Waals surface area contributed by atoms with Crippen LogP contribution in [0.2, 0.25) is 0 Å². The zero-order valence-corrected chi connectivity index (χ0v) is 12.0. The highest BCUT2D eigenvalue weighted by atomic mass is 79.9. The van der Waals surface area contributed by atoms with Crippen molar-refractivity contribution in [2.75, 3.05) is 11.9 Å². The topological polar surface area (TPSA) is 49.3 Å². The Morgan fingerprint density at radius 3 is 2.65 bits per heavy atom. The molecule has 0 saturated carbocycles. The highest BCUT2D eigenvalue weighted by molar-refractivity contribution is 9.10. The normalized spacial score (nSPS) is 11.3. The minimum Gasteiger partial charge on any atom is -0.481 e. The number of carbonyl (C=O) groups is 1. The van der Waals surface area contributed by atoms with E-state index < -0.39 is 11.4 Å². The largest absolute Gasteiger partial charge is 0.481 e. The summed E-state index contributed by atoms with van der Waals surface area (Å²) in [6, 6.07) is 6.00. The molecule has 17 heavy (non-hydrogen) atoms. The zero-order chi connectivity index (χ0) is 13.1. The fraction of sp³-hybridized carbons (Fsp3) is 0.462. The summed E-state index contributed by atoms with van der Waals surface area (Å²) in [6.07, 6.45) is 0.595. The molecule has 0 amide bonds. The van der Waals surface area contributed by atoms with Crippen LogP contribution in [-0.2, 0) is 4.79 Å². The summed E-state index contributed by atoms with van der Waals surface area (Å²) in [4.78, 5) is 10.9. The number of aryl methyl sites for hydroxylation is 1. The molecule has 0 aliphatic rings. The van der Waals surface area contributed by atoms with Crippen LogP contribution in [0.5, 0.6) is 0 Å². The van der Waals surface area contributed by atoms with E-state index in [0.29, 0.717) is 13.0 Å². The van der Waals surface area contributed by atoms with Gasteiger partial charge in [-0.25, -0.2) is 0 Å². The van der Waals surface area contributed by atoms with Crippen molar-refractivity contribution in [3.8, 4) is 0 Å². The quantitative estimate of drug-likeness (QED) is 0.872. The Bertz CT molecular complexity index is 416. The van der Waals surface area contributed by atoms with Crippen molar-refractivity contribution in [1.82, 2.24) is 0 Å². The van der Waals surface area contributed by atoms with Gasteiger partial charge in [-0.3, -0.25) is 4.79 Å². The van der Waals surface area contributed by atoms with Crippen molar-refractivity contribution in [3.63, 3.8) is 0 Å². The number of nitrogens with one attached hydrogen (secondary N) is 1. The van der Waals surface area contributed by atoms with Crippen molar-refractivity contribution in [2.24, 2.45) is 5.41 Å². The fourth-order valence-corrected chi connectivity index (χ4v) is 1.92. The van der Waals surface area contributed by atoms with Gasteiger partial charge in [0.05, 0.1) is 5.41 Å². The number of halogens is 1. The van der Waals surface area contributed by atoms with Gasteiger partial charge < -0.3 is 10.4 Å². The highest BCUT2D eigenvalue weighted by Crippen LogP contribution is 2.23. The predicted octanol–water partition coefficient (Wildman–Crippen LogP) is 3.67. The van der Waals surface area contributed by atoms with E-state index in [1.807, 2.05) is 25.1 Å². The van der Waals surface area contributed by atoms with E-state index >= 15 is 0 Å². The summed E-state index contributed by atoms with van der Waals surface area (Å²) in [6.45, 7) is 6.16. The maximum Gasteiger partial charge on any atom is 0.309 e. The van der Waals surface area contributed by atoms with Gasteiger partial charge >= 0.3 is 5.97 Å².